The highest BCUT2D eigenvalue weighted by atomic mass is 16.5. The molecule has 24 heavy (non-hydrogen) atoms. The van der Waals surface area contributed by atoms with Crippen molar-refractivity contribution in [3.63, 3.8) is 0 Å². The highest BCUT2D eigenvalue weighted by Gasteiger charge is 2.29. The lowest BCUT2D eigenvalue weighted by molar-refractivity contribution is -0.00705. The first-order valence-electron chi connectivity index (χ1n) is 8.11. The van der Waals surface area contributed by atoms with Crippen LogP contribution in [0.5, 0.6) is 0 Å². The van der Waals surface area contributed by atoms with Crippen LogP contribution in [0.1, 0.15) is 23.8 Å². The zero-order chi connectivity index (χ0) is 16.8. The average molecular weight is 330 g/mol. The first-order valence-corrected chi connectivity index (χ1v) is 8.11. The van der Waals surface area contributed by atoms with Crippen molar-refractivity contribution >= 4 is 6.03 Å². The summed E-state index contributed by atoms with van der Waals surface area (Å²) in [6.45, 7) is 1.79. The second-order valence-corrected chi connectivity index (χ2v) is 5.82. The predicted molar refractivity (Wildman–Crippen MR) is 88.3 cm³/mol. The maximum Gasteiger partial charge on any atom is 0.318 e. The number of benzene rings is 1. The summed E-state index contributed by atoms with van der Waals surface area (Å²) in [5.74, 6) is 0.706. The van der Waals surface area contributed by atoms with Crippen molar-refractivity contribution in [2.24, 2.45) is 0 Å². The van der Waals surface area contributed by atoms with Crippen molar-refractivity contribution in [1.82, 2.24) is 10.2 Å². The number of amides is 2. The molecule has 128 valence electrons. The molecule has 0 saturated carbocycles. The lowest BCUT2D eigenvalue weighted by atomic mass is 10.0. The first kappa shape index (κ1) is 16.5. The van der Waals surface area contributed by atoms with E-state index in [2.05, 4.69) is 5.32 Å². The third kappa shape index (κ3) is 4.15. The van der Waals surface area contributed by atoms with Crippen LogP contribution in [-0.2, 0) is 11.3 Å². The SMILES string of the molecule is O=C(NCc1ccco1)N1CCOC[C@H]1C[C@@H](O)c1ccccc1. The van der Waals surface area contributed by atoms with Gasteiger partial charge in [-0.05, 0) is 17.7 Å². The Hall–Kier alpha value is -2.31. The van der Waals surface area contributed by atoms with E-state index in [-0.39, 0.29) is 12.1 Å². The van der Waals surface area contributed by atoms with E-state index in [0.29, 0.717) is 38.5 Å². The minimum absolute atomic E-state index is 0.162. The van der Waals surface area contributed by atoms with E-state index in [4.69, 9.17) is 9.15 Å². The normalized spacial score (nSPS) is 19.0. The number of nitrogens with one attached hydrogen (secondary N) is 1. The molecule has 0 spiro atoms. The molecule has 1 fully saturated rings. The van der Waals surface area contributed by atoms with Gasteiger partial charge in [0.1, 0.15) is 5.76 Å². The molecule has 0 bridgehead atoms. The average Bonchev–Trinajstić information content (AvgIpc) is 3.14. The van der Waals surface area contributed by atoms with Crippen LogP contribution in [0.3, 0.4) is 0 Å². The fourth-order valence-electron chi connectivity index (χ4n) is 2.86. The van der Waals surface area contributed by atoms with Crippen LogP contribution in [0.2, 0.25) is 0 Å². The number of rotatable bonds is 5. The number of hydrogen-bond donors (Lipinski definition) is 2. The van der Waals surface area contributed by atoms with Gasteiger partial charge < -0.3 is 24.5 Å². The van der Waals surface area contributed by atoms with Gasteiger partial charge in [-0.15, -0.1) is 0 Å². The van der Waals surface area contributed by atoms with E-state index in [1.807, 2.05) is 36.4 Å². The van der Waals surface area contributed by atoms with Gasteiger partial charge in [0.15, 0.2) is 0 Å². The summed E-state index contributed by atoms with van der Waals surface area (Å²) in [6.07, 6.45) is 1.39. The molecule has 1 aliphatic rings. The Kier molecular flexibility index (Phi) is 5.51. The second kappa shape index (κ2) is 7.99. The molecule has 1 saturated heterocycles. The van der Waals surface area contributed by atoms with Gasteiger partial charge in [0.2, 0.25) is 0 Å². The standard InChI is InChI=1S/C18H22N2O4/c21-17(14-5-2-1-3-6-14)11-15-13-23-10-8-20(15)18(22)19-12-16-7-4-9-24-16/h1-7,9,15,17,21H,8,10-13H2,(H,19,22)/t15-,17-/m1/s1. The minimum atomic E-state index is -0.627. The van der Waals surface area contributed by atoms with Crippen LogP contribution in [-0.4, -0.2) is 41.8 Å². The van der Waals surface area contributed by atoms with Crippen molar-refractivity contribution in [1.29, 1.82) is 0 Å². The number of urea groups is 1. The lowest BCUT2D eigenvalue weighted by Crippen LogP contribution is -2.52. The molecular weight excluding hydrogens is 308 g/mol. The summed E-state index contributed by atoms with van der Waals surface area (Å²) in [6, 6.07) is 12.7. The lowest BCUT2D eigenvalue weighted by Gasteiger charge is -2.36. The third-order valence-electron chi connectivity index (χ3n) is 4.16. The third-order valence-corrected chi connectivity index (χ3v) is 4.16. The number of nitrogens with zero attached hydrogens (tertiary/aromatic N) is 1. The summed E-state index contributed by atoms with van der Waals surface area (Å²) < 4.78 is 10.7. The number of aliphatic hydroxyl groups excluding tert-OH is 1. The molecule has 1 aromatic heterocycles. The van der Waals surface area contributed by atoms with Crippen molar-refractivity contribution in [3.8, 4) is 0 Å². The topological polar surface area (TPSA) is 74.9 Å². The molecule has 1 aromatic carbocycles. The largest absolute Gasteiger partial charge is 0.467 e. The highest BCUT2D eigenvalue weighted by molar-refractivity contribution is 5.74. The number of hydrogen-bond acceptors (Lipinski definition) is 4. The maximum atomic E-state index is 12.5. The van der Waals surface area contributed by atoms with Gasteiger partial charge in [-0.2, -0.15) is 0 Å². The van der Waals surface area contributed by atoms with Gasteiger partial charge in [-0.3, -0.25) is 0 Å². The summed E-state index contributed by atoms with van der Waals surface area (Å²) in [5.41, 5.74) is 0.846. The number of ether oxygens (including phenoxy) is 1. The number of carbonyl (C=O) groups excluding carboxylic acids is 1. The number of aliphatic hydroxyl groups is 1. The van der Waals surface area contributed by atoms with E-state index in [1.165, 1.54) is 0 Å². The molecule has 2 atom stereocenters. The minimum Gasteiger partial charge on any atom is -0.467 e. The van der Waals surface area contributed by atoms with Crippen LogP contribution in [0.4, 0.5) is 4.79 Å². The molecule has 0 radical (unpaired) electrons. The van der Waals surface area contributed by atoms with Gasteiger partial charge in [-0.1, -0.05) is 30.3 Å². The smallest absolute Gasteiger partial charge is 0.318 e. The zero-order valence-electron chi connectivity index (χ0n) is 13.4. The quantitative estimate of drug-likeness (QED) is 0.882. The highest BCUT2D eigenvalue weighted by Crippen LogP contribution is 2.22. The van der Waals surface area contributed by atoms with Crippen LogP contribution in [0, 0.1) is 0 Å². The molecule has 0 aliphatic carbocycles. The molecule has 6 heteroatoms. The van der Waals surface area contributed by atoms with Crippen molar-refractivity contribution in [2.75, 3.05) is 19.8 Å². The maximum absolute atomic E-state index is 12.5. The second-order valence-electron chi connectivity index (χ2n) is 5.82. The van der Waals surface area contributed by atoms with E-state index < -0.39 is 6.10 Å². The van der Waals surface area contributed by atoms with Gasteiger partial charge >= 0.3 is 6.03 Å². The van der Waals surface area contributed by atoms with E-state index in [0.717, 1.165) is 5.56 Å². The van der Waals surface area contributed by atoms with Crippen LogP contribution in [0.15, 0.2) is 53.1 Å². The molecule has 6 nitrogen and oxygen atoms in total. The summed E-state index contributed by atoms with van der Waals surface area (Å²) in [7, 11) is 0. The van der Waals surface area contributed by atoms with Crippen LogP contribution >= 0.6 is 0 Å². The van der Waals surface area contributed by atoms with E-state index in [9.17, 15) is 9.90 Å². The molecule has 2 amide bonds. The Morgan fingerprint density at radius 1 is 1.29 bits per heavy atom. The van der Waals surface area contributed by atoms with Gasteiger partial charge in [0.05, 0.1) is 38.2 Å². The monoisotopic (exact) mass is 330 g/mol. The van der Waals surface area contributed by atoms with Crippen molar-refractivity contribution < 1.29 is 19.1 Å². The van der Waals surface area contributed by atoms with Gasteiger partial charge in [0, 0.05) is 13.0 Å². The molecule has 3 rings (SSSR count). The Balaban J connectivity index is 1.59. The van der Waals surface area contributed by atoms with Crippen LogP contribution in [0.25, 0.3) is 0 Å². The van der Waals surface area contributed by atoms with Crippen LogP contribution < -0.4 is 5.32 Å². The molecular formula is C18H22N2O4. The number of furan rings is 1. The molecule has 2 aromatic rings. The Morgan fingerprint density at radius 2 is 2.12 bits per heavy atom. The molecule has 0 unspecified atom stereocenters. The fourth-order valence-corrected chi connectivity index (χ4v) is 2.86. The Bertz CT molecular complexity index is 630. The molecule has 1 aliphatic heterocycles. The van der Waals surface area contributed by atoms with Crippen molar-refractivity contribution in [3.05, 3.63) is 60.1 Å². The Labute approximate surface area is 141 Å². The van der Waals surface area contributed by atoms with E-state index in [1.54, 1.807) is 17.2 Å². The zero-order valence-corrected chi connectivity index (χ0v) is 13.4. The summed E-state index contributed by atoms with van der Waals surface area (Å²) >= 11 is 0. The number of morpholine rings is 1. The van der Waals surface area contributed by atoms with Gasteiger partial charge in [-0.25, -0.2) is 4.79 Å². The predicted octanol–water partition coefficient (Wildman–Crippen LogP) is 2.31. The fraction of sp³-hybridized carbons (Fsp3) is 0.389. The molecule has 2 heterocycles. The number of carbonyl (C=O) groups is 1. The van der Waals surface area contributed by atoms with Crippen molar-refractivity contribution in [2.45, 2.75) is 25.1 Å². The van der Waals surface area contributed by atoms with Gasteiger partial charge in [0.25, 0.3) is 0 Å². The summed E-state index contributed by atoms with van der Waals surface area (Å²) in [4.78, 5) is 14.2. The molecule has 2 N–H and O–H groups in total. The summed E-state index contributed by atoms with van der Waals surface area (Å²) in [5, 5.41) is 13.3. The first-order chi connectivity index (χ1) is 11.7. The van der Waals surface area contributed by atoms with E-state index >= 15 is 0 Å². The Morgan fingerprint density at radius 3 is 2.88 bits per heavy atom.